The van der Waals surface area contributed by atoms with Crippen molar-refractivity contribution in [2.45, 2.75) is 26.2 Å². The molecule has 0 aromatic rings. The summed E-state index contributed by atoms with van der Waals surface area (Å²) in [5, 5.41) is 11.0. The third kappa shape index (κ3) is 11.3. The van der Waals surface area contributed by atoms with Gasteiger partial charge in [0.05, 0.1) is 5.75 Å². The van der Waals surface area contributed by atoms with E-state index in [-0.39, 0.29) is 12.3 Å². The highest BCUT2D eigenvalue weighted by Crippen LogP contribution is 2.14. The van der Waals surface area contributed by atoms with Gasteiger partial charge >= 0.3 is 0 Å². The van der Waals surface area contributed by atoms with Crippen molar-refractivity contribution in [3.05, 3.63) is 0 Å². The summed E-state index contributed by atoms with van der Waals surface area (Å²) in [7, 11) is -3.45. The van der Waals surface area contributed by atoms with E-state index in [2.05, 4.69) is 15.6 Å². The topological polar surface area (TPSA) is 115 Å². The summed E-state index contributed by atoms with van der Waals surface area (Å²) in [6.07, 6.45) is 2.99. The van der Waals surface area contributed by atoms with Gasteiger partial charge in [-0.2, -0.15) is 0 Å². The predicted octanol–water partition coefficient (Wildman–Crippen LogP) is -0.337. The Kier molecular flexibility index (Phi) is 10.2. The van der Waals surface area contributed by atoms with Gasteiger partial charge < -0.3 is 20.1 Å². The van der Waals surface area contributed by atoms with E-state index in [0.717, 1.165) is 39.1 Å². The van der Waals surface area contributed by atoms with Crippen molar-refractivity contribution < 1.29 is 17.9 Å². The first-order valence-electron chi connectivity index (χ1n) is 8.19. The third-order valence-corrected chi connectivity index (χ3v) is 4.21. The first-order chi connectivity index (χ1) is 11.0. The zero-order valence-corrected chi connectivity index (χ0v) is 14.7. The van der Waals surface area contributed by atoms with E-state index < -0.39 is 10.0 Å². The van der Waals surface area contributed by atoms with Crippen LogP contribution in [0.25, 0.3) is 0 Å². The Hall–Kier alpha value is -0.900. The van der Waals surface area contributed by atoms with Crippen molar-refractivity contribution in [1.29, 1.82) is 0 Å². The van der Waals surface area contributed by atoms with Gasteiger partial charge in [0.2, 0.25) is 10.0 Å². The van der Waals surface area contributed by atoms with E-state index in [9.17, 15) is 8.42 Å². The molecule has 0 spiro atoms. The molecule has 0 bridgehead atoms. The number of rotatable bonds is 10. The van der Waals surface area contributed by atoms with E-state index in [0.29, 0.717) is 31.6 Å². The van der Waals surface area contributed by atoms with Crippen LogP contribution < -0.4 is 15.8 Å². The van der Waals surface area contributed by atoms with Crippen LogP contribution in [-0.4, -0.2) is 66.2 Å². The van der Waals surface area contributed by atoms with Crippen LogP contribution in [-0.2, 0) is 19.5 Å². The van der Waals surface area contributed by atoms with Gasteiger partial charge in [-0.05, 0) is 32.1 Å². The van der Waals surface area contributed by atoms with E-state index in [1.165, 1.54) is 0 Å². The van der Waals surface area contributed by atoms with E-state index >= 15 is 0 Å². The molecule has 4 N–H and O–H groups in total. The van der Waals surface area contributed by atoms with Gasteiger partial charge in [0, 0.05) is 46.1 Å². The lowest BCUT2D eigenvalue weighted by atomic mass is 10.0. The predicted molar refractivity (Wildman–Crippen MR) is 90.9 cm³/mol. The highest BCUT2D eigenvalue weighted by atomic mass is 32.2. The van der Waals surface area contributed by atoms with E-state index in [4.69, 9.17) is 14.6 Å². The Morgan fingerprint density at radius 2 is 2.09 bits per heavy atom. The van der Waals surface area contributed by atoms with Gasteiger partial charge in [0.25, 0.3) is 0 Å². The number of primary sulfonamides is 1. The number of hydrogen-bond acceptors (Lipinski definition) is 5. The molecule has 1 aliphatic rings. The van der Waals surface area contributed by atoms with E-state index in [1.807, 2.05) is 6.92 Å². The molecule has 0 saturated carbocycles. The molecule has 1 rings (SSSR count). The highest BCUT2D eigenvalue weighted by Gasteiger charge is 2.13. The van der Waals surface area contributed by atoms with Crippen LogP contribution >= 0.6 is 0 Å². The number of sulfonamides is 1. The normalized spacial score (nSPS) is 17.2. The average Bonchev–Trinajstić information content (AvgIpc) is 2.50. The molecule has 0 atom stereocenters. The van der Waals surface area contributed by atoms with Crippen molar-refractivity contribution in [1.82, 2.24) is 10.6 Å². The molecule has 0 radical (unpaired) electrons. The average molecular weight is 350 g/mol. The van der Waals surface area contributed by atoms with Crippen LogP contribution in [0.5, 0.6) is 0 Å². The fourth-order valence-electron chi connectivity index (χ4n) is 2.17. The summed E-state index contributed by atoms with van der Waals surface area (Å²) in [6.45, 7) is 6.68. The highest BCUT2D eigenvalue weighted by molar-refractivity contribution is 7.89. The quantitative estimate of drug-likeness (QED) is 0.282. The minimum atomic E-state index is -3.45. The summed E-state index contributed by atoms with van der Waals surface area (Å²) in [4.78, 5) is 4.38. The fourth-order valence-corrected chi connectivity index (χ4v) is 2.56. The minimum Gasteiger partial charge on any atom is -0.381 e. The monoisotopic (exact) mass is 350 g/mol. The van der Waals surface area contributed by atoms with Gasteiger partial charge in [0.15, 0.2) is 5.96 Å². The number of ether oxygens (including phenoxy) is 2. The summed E-state index contributed by atoms with van der Waals surface area (Å²) in [5.74, 6) is 1.09. The van der Waals surface area contributed by atoms with Gasteiger partial charge in [-0.3, -0.25) is 4.99 Å². The number of aliphatic imine (C=N–C) groups is 1. The summed E-state index contributed by atoms with van der Waals surface area (Å²) in [5.41, 5.74) is 0. The fraction of sp³-hybridized carbons (Fsp3) is 0.929. The van der Waals surface area contributed by atoms with Gasteiger partial charge in [0.1, 0.15) is 0 Å². The van der Waals surface area contributed by atoms with Crippen LogP contribution in [0, 0.1) is 5.92 Å². The number of nitrogens with one attached hydrogen (secondary N) is 2. The summed E-state index contributed by atoms with van der Waals surface area (Å²) in [6, 6.07) is 0. The number of nitrogens with two attached hydrogens (primary N) is 1. The summed E-state index contributed by atoms with van der Waals surface area (Å²) >= 11 is 0. The van der Waals surface area contributed by atoms with Crippen molar-refractivity contribution in [3.63, 3.8) is 0 Å². The lowest BCUT2D eigenvalue weighted by molar-refractivity contribution is 0.0205. The maximum Gasteiger partial charge on any atom is 0.210 e. The Morgan fingerprint density at radius 1 is 1.35 bits per heavy atom. The smallest absolute Gasteiger partial charge is 0.210 e. The second-order valence-electron chi connectivity index (χ2n) is 5.54. The minimum absolute atomic E-state index is 0.119. The molecule has 0 unspecified atom stereocenters. The third-order valence-electron chi connectivity index (χ3n) is 3.43. The molecule has 0 amide bonds. The molecule has 8 nitrogen and oxygen atoms in total. The molecule has 136 valence electrons. The molecular formula is C14H30N4O4S. The second kappa shape index (κ2) is 11.6. The summed E-state index contributed by atoms with van der Waals surface area (Å²) < 4.78 is 32.8. The molecule has 1 heterocycles. The lowest BCUT2D eigenvalue weighted by Gasteiger charge is -2.21. The maximum atomic E-state index is 10.9. The molecule has 1 saturated heterocycles. The molecule has 23 heavy (non-hydrogen) atoms. The Labute approximate surface area is 139 Å². The van der Waals surface area contributed by atoms with Crippen LogP contribution in [0.4, 0.5) is 0 Å². The molecule has 1 aliphatic heterocycles. The van der Waals surface area contributed by atoms with Crippen molar-refractivity contribution in [2.24, 2.45) is 16.0 Å². The number of guanidine groups is 1. The Morgan fingerprint density at radius 3 is 2.74 bits per heavy atom. The first kappa shape index (κ1) is 20.1. The maximum absolute atomic E-state index is 10.9. The molecule has 0 aromatic heterocycles. The Balaban J connectivity index is 2.12. The Bertz CT molecular complexity index is 436. The zero-order chi connectivity index (χ0) is 17.0. The van der Waals surface area contributed by atoms with Gasteiger partial charge in [-0.25, -0.2) is 13.6 Å². The van der Waals surface area contributed by atoms with Crippen LogP contribution in [0.2, 0.25) is 0 Å². The van der Waals surface area contributed by atoms with Crippen LogP contribution in [0.3, 0.4) is 0 Å². The van der Waals surface area contributed by atoms with Gasteiger partial charge in [-0.15, -0.1) is 0 Å². The molecule has 9 heteroatoms. The standard InChI is InChI=1S/C14H30N4O4S/c1-2-16-14(18-7-11-23(15,19)20)17-6-3-8-22-12-13-4-9-21-10-5-13/h13H,2-12H2,1H3,(H2,15,19,20)(H2,16,17,18). The second-order valence-corrected chi connectivity index (χ2v) is 7.27. The first-order valence-corrected chi connectivity index (χ1v) is 9.91. The largest absolute Gasteiger partial charge is 0.381 e. The van der Waals surface area contributed by atoms with E-state index in [1.54, 1.807) is 0 Å². The molecule has 0 aliphatic carbocycles. The van der Waals surface area contributed by atoms with Crippen molar-refractivity contribution in [3.8, 4) is 0 Å². The van der Waals surface area contributed by atoms with Crippen molar-refractivity contribution in [2.75, 3.05) is 51.8 Å². The SMILES string of the molecule is CCNC(=NCCCOCC1CCOCC1)NCCS(N)(=O)=O. The van der Waals surface area contributed by atoms with Gasteiger partial charge in [-0.1, -0.05) is 0 Å². The van der Waals surface area contributed by atoms with Crippen LogP contribution in [0.15, 0.2) is 4.99 Å². The number of nitrogens with zero attached hydrogens (tertiary/aromatic N) is 1. The lowest BCUT2D eigenvalue weighted by Crippen LogP contribution is -2.40. The van der Waals surface area contributed by atoms with Crippen LogP contribution in [0.1, 0.15) is 26.2 Å². The molecule has 1 fully saturated rings. The molecule has 0 aromatic carbocycles. The zero-order valence-electron chi connectivity index (χ0n) is 13.9. The molecular weight excluding hydrogens is 320 g/mol. The number of hydrogen-bond donors (Lipinski definition) is 3. The van der Waals surface area contributed by atoms with Crippen molar-refractivity contribution >= 4 is 16.0 Å².